The van der Waals surface area contributed by atoms with E-state index in [2.05, 4.69) is 22.1 Å². The number of amides is 1. The van der Waals surface area contributed by atoms with Crippen molar-refractivity contribution >= 4 is 11.9 Å². The molecular weight excluding hydrogens is 384 g/mol. The number of hydrogen-bond acceptors (Lipinski definition) is 8. The molecule has 1 aliphatic heterocycles. The quantitative estimate of drug-likeness (QED) is 0.336. The van der Waals surface area contributed by atoms with Crippen LogP contribution in [0.2, 0.25) is 0 Å². The van der Waals surface area contributed by atoms with Gasteiger partial charge in [0.15, 0.2) is 6.10 Å². The van der Waals surface area contributed by atoms with E-state index in [0.29, 0.717) is 5.56 Å². The Morgan fingerprint density at radius 3 is 2.76 bits per heavy atom. The van der Waals surface area contributed by atoms with Gasteiger partial charge in [-0.25, -0.2) is 4.79 Å². The topological polar surface area (TPSA) is 158 Å². The molecule has 1 aromatic heterocycles. The third-order valence-corrected chi connectivity index (χ3v) is 4.03. The molecule has 0 aliphatic carbocycles. The van der Waals surface area contributed by atoms with Crippen molar-refractivity contribution in [3.05, 3.63) is 41.9 Å². The van der Waals surface area contributed by atoms with Gasteiger partial charge in [-0.3, -0.25) is 9.78 Å². The number of aliphatic hydroxyl groups excluding tert-OH is 3. The highest BCUT2D eigenvalue weighted by molar-refractivity contribution is 5.84. The summed E-state index contributed by atoms with van der Waals surface area (Å²) in [6.45, 7) is 0.314. The van der Waals surface area contributed by atoms with Crippen molar-refractivity contribution in [1.29, 1.82) is 0 Å². The van der Waals surface area contributed by atoms with E-state index in [0.717, 1.165) is 6.08 Å². The number of nitrogens with one attached hydrogen (secondary N) is 1. The minimum Gasteiger partial charge on any atom is -0.478 e. The maximum Gasteiger partial charge on any atom is 0.370 e. The molecule has 0 radical (unpaired) electrons. The van der Waals surface area contributed by atoms with Crippen molar-refractivity contribution in [2.75, 3.05) is 13.2 Å². The molecule has 5 N–H and O–H groups in total. The van der Waals surface area contributed by atoms with Gasteiger partial charge in [0.2, 0.25) is 11.7 Å². The highest BCUT2D eigenvalue weighted by atomic mass is 16.5. The first-order chi connectivity index (χ1) is 13.8. The lowest BCUT2D eigenvalue weighted by molar-refractivity contribution is -0.151. The fraction of sp³-hybridized carbons (Fsp3) is 0.421. The maximum atomic E-state index is 11.6. The molecule has 2 heterocycles. The Morgan fingerprint density at radius 1 is 1.41 bits per heavy atom. The zero-order valence-corrected chi connectivity index (χ0v) is 15.6. The van der Waals surface area contributed by atoms with Crippen molar-refractivity contribution in [3.63, 3.8) is 0 Å². The monoisotopic (exact) mass is 406 g/mol. The lowest BCUT2D eigenvalue weighted by Crippen LogP contribution is -2.60. The van der Waals surface area contributed by atoms with Crippen LogP contribution >= 0.6 is 0 Å². The van der Waals surface area contributed by atoms with Gasteiger partial charge in [-0.1, -0.05) is 11.8 Å². The molecule has 1 aromatic rings. The van der Waals surface area contributed by atoms with Gasteiger partial charge < -0.3 is 35.2 Å². The molecule has 10 nitrogen and oxygen atoms in total. The zero-order valence-electron chi connectivity index (χ0n) is 15.6. The number of carbonyl (C=O) groups is 2. The molecule has 1 amide bonds. The van der Waals surface area contributed by atoms with E-state index in [9.17, 15) is 24.9 Å². The number of pyridine rings is 1. The molecule has 0 unspecified atom stereocenters. The van der Waals surface area contributed by atoms with Crippen LogP contribution in [-0.2, 0) is 19.1 Å². The Kier molecular flexibility index (Phi) is 8.11. The van der Waals surface area contributed by atoms with E-state index in [4.69, 9.17) is 14.6 Å². The SMILES string of the molecule is CC(=O)N[C@H]1[C@H]([C@H](O)[C@H](O)CO)OC(C(=O)O)=C[C@@H]1OCC#Cc1cccnc1. The van der Waals surface area contributed by atoms with Crippen LogP contribution in [0.25, 0.3) is 0 Å². The first-order valence-corrected chi connectivity index (χ1v) is 8.69. The fourth-order valence-electron chi connectivity index (χ4n) is 2.69. The number of carboxylic acids is 1. The van der Waals surface area contributed by atoms with Crippen LogP contribution in [0.5, 0.6) is 0 Å². The summed E-state index contributed by atoms with van der Waals surface area (Å²) < 4.78 is 10.9. The number of aliphatic hydroxyl groups is 3. The van der Waals surface area contributed by atoms with Gasteiger partial charge in [0, 0.05) is 24.9 Å². The molecule has 5 atom stereocenters. The number of carboxylic acid groups (broad SMARTS) is 1. The predicted octanol–water partition coefficient (Wildman–Crippen LogP) is -1.60. The summed E-state index contributed by atoms with van der Waals surface area (Å²) in [7, 11) is 0. The van der Waals surface area contributed by atoms with Crippen molar-refractivity contribution in [3.8, 4) is 11.8 Å². The van der Waals surface area contributed by atoms with Crippen LogP contribution in [0.1, 0.15) is 12.5 Å². The Balaban J connectivity index is 2.23. The molecule has 0 spiro atoms. The summed E-state index contributed by atoms with van der Waals surface area (Å²) in [6, 6.07) is 2.43. The fourth-order valence-corrected chi connectivity index (χ4v) is 2.69. The molecule has 10 heteroatoms. The number of aromatic nitrogens is 1. The Bertz CT molecular complexity index is 801. The lowest BCUT2D eigenvalue weighted by Gasteiger charge is -2.39. The molecule has 0 saturated carbocycles. The summed E-state index contributed by atoms with van der Waals surface area (Å²) >= 11 is 0. The van der Waals surface area contributed by atoms with Crippen LogP contribution in [0.4, 0.5) is 0 Å². The average molecular weight is 406 g/mol. The van der Waals surface area contributed by atoms with Gasteiger partial charge in [-0.05, 0) is 18.2 Å². The van der Waals surface area contributed by atoms with Gasteiger partial charge in [-0.2, -0.15) is 0 Å². The highest BCUT2D eigenvalue weighted by Crippen LogP contribution is 2.24. The smallest absolute Gasteiger partial charge is 0.370 e. The van der Waals surface area contributed by atoms with E-state index < -0.39 is 54.7 Å². The van der Waals surface area contributed by atoms with Gasteiger partial charge in [-0.15, -0.1) is 0 Å². The Labute approximate surface area is 166 Å². The van der Waals surface area contributed by atoms with E-state index in [1.165, 1.54) is 6.92 Å². The summed E-state index contributed by atoms with van der Waals surface area (Å²) in [5, 5.41) is 40.9. The minimum atomic E-state index is -1.69. The van der Waals surface area contributed by atoms with Crippen molar-refractivity contribution < 1.29 is 39.5 Å². The van der Waals surface area contributed by atoms with Gasteiger partial charge in [0.1, 0.15) is 24.9 Å². The predicted molar refractivity (Wildman–Crippen MR) is 98.2 cm³/mol. The molecule has 0 bridgehead atoms. The number of rotatable bonds is 7. The van der Waals surface area contributed by atoms with Crippen LogP contribution in [-0.4, -0.2) is 81.0 Å². The molecule has 1 aliphatic rings. The molecule has 0 aromatic carbocycles. The largest absolute Gasteiger partial charge is 0.478 e. The standard InChI is InChI=1S/C19H22N2O8/c1-11(23)21-16-14(28-7-3-5-12-4-2-6-20-9-12)8-15(19(26)27)29-18(16)17(25)13(24)10-22/h2,4,6,8-9,13-14,16-18,22,24-25H,7,10H2,1H3,(H,21,23)(H,26,27)/t13-,14+,16-,17-,18-/m1/s1. The van der Waals surface area contributed by atoms with E-state index in [-0.39, 0.29) is 6.61 Å². The van der Waals surface area contributed by atoms with Crippen LogP contribution in [0, 0.1) is 11.8 Å². The second-order valence-corrected chi connectivity index (χ2v) is 6.20. The van der Waals surface area contributed by atoms with E-state index in [1.54, 1.807) is 24.5 Å². The van der Waals surface area contributed by atoms with Crippen LogP contribution in [0.15, 0.2) is 36.4 Å². The Morgan fingerprint density at radius 2 is 2.17 bits per heavy atom. The summed E-state index contributed by atoms with van der Waals surface area (Å²) in [4.78, 5) is 26.9. The second kappa shape index (κ2) is 10.5. The average Bonchev–Trinajstić information content (AvgIpc) is 2.71. The number of ether oxygens (including phenoxy) is 2. The number of aliphatic carboxylic acids is 1. The zero-order chi connectivity index (χ0) is 21.4. The summed E-state index contributed by atoms with van der Waals surface area (Å²) in [5.41, 5.74) is 0.655. The highest BCUT2D eigenvalue weighted by Gasteiger charge is 2.44. The van der Waals surface area contributed by atoms with Gasteiger partial charge in [0.25, 0.3) is 0 Å². The normalized spacial score (nSPS) is 22.9. The summed E-state index contributed by atoms with van der Waals surface area (Å²) in [6.07, 6.45) is -1.40. The minimum absolute atomic E-state index is 0.121. The van der Waals surface area contributed by atoms with Crippen molar-refractivity contribution in [1.82, 2.24) is 10.3 Å². The van der Waals surface area contributed by atoms with Crippen molar-refractivity contribution in [2.24, 2.45) is 0 Å². The van der Waals surface area contributed by atoms with Crippen LogP contribution < -0.4 is 5.32 Å². The van der Waals surface area contributed by atoms with E-state index >= 15 is 0 Å². The third-order valence-electron chi connectivity index (χ3n) is 4.03. The van der Waals surface area contributed by atoms with E-state index in [1.807, 2.05) is 0 Å². The lowest BCUT2D eigenvalue weighted by atomic mass is 9.93. The third kappa shape index (κ3) is 6.27. The van der Waals surface area contributed by atoms with Crippen molar-refractivity contribution in [2.45, 2.75) is 37.4 Å². The van der Waals surface area contributed by atoms with Gasteiger partial charge in [0.05, 0.1) is 12.6 Å². The molecular formula is C19H22N2O8. The molecule has 0 saturated heterocycles. The summed E-state index contributed by atoms with van der Waals surface area (Å²) in [5.74, 6) is 3.14. The maximum absolute atomic E-state index is 11.6. The van der Waals surface area contributed by atoms with Gasteiger partial charge >= 0.3 is 5.97 Å². The second-order valence-electron chi connectivity index (χ2n) is 6.20. The number of hydrogen-bond donors (Lipinski definition) is 5. The Hall–Kier alpha value is -2.97. The number of carbonyl (C=O) groups excluding carboxylic acids is 1. The first kappa shape index (κ1) is 22.3. The molecule has 0 fully saturated rings. The molecule has 29 heavy (non-hydrogen) atoms. The number of nitrogens with zero attached hydrogens (tertiary/aromatic N) is 1. The molecule has 2 rings (SSSR count). The van der Waals surface area contributed by atoms with Crippen LogP contribution in [0.3, 0.4) is 0 Å². The first-order valence-electron chi connectivity index (χ1n) is 8.69. The molecule has 156 valence electrons.